The normalized spacial score (nSPS) is 14.1. The van der Waals surface area contributed by atoms with Gasteiger partial charge in [-0.2, -0.15) is 0 Å². The van der Waals surface area contributed by atoms with Gasteiger partial charge in [0.15, 0.2) is 0 Å². The highest BCUT2D eigenvalue weighted by Gasteiger charge is 2.23. The minimum absolute atomic E-state index is 0.0590. The lowest BCUT2D eigenvalue weighted by atomic mass is 10.1. The quantitative estimate of drug-likeness (QED) is 0.724. The number of imidazole rings is 1. The molecule has 4 rings (SSSR count). The molecule has 0 spiro atoms. The summed E-state index contributed by atoms with van der Waals surface area (Å²) in [5, 5.41) is 3.05. The number of piperazine rings is 1. The van der Waals surface area contributed by atoms with Gasteiger partial charge in [0.05, 0.1) is 5.69 Å². The lowest BCUT2D eigenvalue weighted by molar-refractivity contribution is 0.208. The van der Waals surface area contributed by atoms with Crippen molar-refractivity contribution in [2.24, 2.45) is 0 Å². The molecule has 1 aromatic carbocycles. The maximum absolute atomic E-state index is 12.7. The summed E-state index contributed by atoms with van der Waals surface area (Å²) in [4.78, 5) is 29.9. The van der Waals surface area contributed by atoms with E-state index >= 15 is 0 Å². The molecule has 3 aromatic rings. The number of urea groups is 1. The molecule has 2 amide bonds. The second kappa shape index (κ2) is 8.14. The molecular weight excluding hydrogens is 378 g/mol. The first-order valence-electron chi connectivity index (χ1n) is 10.1. The van der Waals surface area contributed by atoms with Crippen LogP contribution in [0, 0.1) is 27.7 Å². The van der Waals surface area contributed by atoms with Crippen LogP contribution in [-0.4, -0.2) is 56.6 Å². The number of hydrogen-bond acceptors (Lipinski definition) is 5. The van der Waals surface area contributed by atoms with Crippen molar-refractivity contribution in [3.63, 3.8) is 0 Å². The highest BCUT2D eigenvalue weighted by Crippen LogP contribution is 2.20. The van der Waals surface area contributed by atoms with Crippen LogP contribution in [-0.2, 0) is 0 Å². The zero-order valence-electron chi connectivity index (χ0n) is 17.9. The number of rotatable bonds is 3. The summed E-state index contributed by atoms with van der Waals surface area (Å²) in [6.45, 7) is 10.8. The Labute approximate surface area is 176 Å². The Balaban J connectivity index is 1.41. The van der Waals surface area contributed by atoms with Crippen LogP contribution in [0.2, 0.25) is 0 Å². The van der Waals surface area contributed by atoms with Crippen molar-refractivity contribution in [3.05, 3.63) is 59.4 Å². The highest BCUT2D eigenvalue weighted by molar-refractivity contribution is 5.90. The van der Waals surface area contributed by atoms with Crippen LogP contribution in [0.25, 0.3) is 5.82 Å². The lowest BCUT2D eigenvalue weighted by Crippen LogP contribution is -2.50. The van der Waals surface area contributed by atoms with E-state index in [0.29, 0.717) is 13.1 Å². The molecule has 0 unspecified atom stereocenters. The van der Waals surface area contributed by atoms with Crippen LogP contribution < -0.4 is 10.2 Å². The van der Waals surface area contributed by atoms with Crippen LogP contribution in [0.4, 0.5) is 16.3 Å². The van der Waals surface area contributed by atoms with Gasteiger partial charge in [-0.3, -0.25) is 4.57 Å². The summed E-state index contributed by atoms with van der Waals surface area (Å²) in [6, 6.07) is 7.87. The Hall–Kier alpha value is -3.42. The van der Waals surface area contributed by atoms with E-state index in [2.05, 4.69) is 25.2 Å². The minimum Gasteiger partial charge on any atom is -0.353 e. The largest absolute Gasteiger partial charge is 0.353 e. The van der Waals surface area contributed by atoms with Gasteiger partial charge in [-0.25, -0.2) is 19.7 Å². The van der Waals surface area contributed by atoms with Gasteiger partial charge < -0.3 is 15.1 Å². The third kappa shape index (κ3) is 3.85. The second-order valence-electron chi connectivity index (χ2n) is 7.67. The molecule has 156 valence electrons. The van der Waals surface area contributed by atoms with Gasteiger partial charge in [0, 0.05) is 43.6 Å². The monoisotopic (exact) mass is 405 g/mol. The number of aryl methyl sites for hydroxylation is 2. The SMILES string of the molecule is Cc1cccc(NC(=O)N2CCN(c3cc(-n4cnc(C)c4C)ncn3)CC2)c1C. The maximum atomic E-state index is 12.7. The number of aromatic nitrogens is 4. The molecule has 8 nitrogen and oxygen atoms in total. The van der Waals surface area contributed by atoms with Crippen molar-refractivity contribution in [2.75, 3.05) is 36.4 Å². The lowest BCUT2D eigenvalue weighted by Gasteiger charge is -2.35. The van der Waals surface area contributed by atoms with Gasteiger partial charge in [-0.15, -0.1) is 0 Å². The van der Waals surface area contributed by atoms with Crippen molar-refractivity contribution in [1.82, 2.24) is 24.4 Å². The zero-order chi connectivity index (χ0) is 21.3. The van der Waals surface area contributed by atoms with Gasteiger partial charge in [-0.1, -0.05) is 12.1 Å². The first kappa shape index (κ1) is 19.9. The van der Waals surface area contributed by atoms with Crippen molar-refractivity contribution in [1.29, 1.82) is 0 Å². The van der Waals surface area contributed by atoms with E-state index in [9.17, 15) is 4.79 Å². The van der Waals surface area contributed by atoms with Gasteiger partial charge in [0.25, 0.3) is 0 Å². The van der Waals surface area contributed by atoms with Crippen LogP contribution in [0.3, 0.4) is 0 Å². The molecule has 1 fully saturated rings. The van der Waals surface area contributed by atoms with E-state index in [4.69, 9.17) is 0 Å². The molecule has 3 heterocycles. The highest BCUT2D eigenvalue weighted by atomic mass is 16.2. The smallest absolute Gasteiger partial charge is 0.321 e. The third-order valence-electron chi connectivity index (χ3n) is 5.87. The third-order valence-corrected chi connectivity index (χ3v) is 5.87. The number of nitrogens with zero attached hydrogens (tertiary/aromatic N) is 6. The Morgan fingerprint density at radius 1 is 0.967 bits per heavy atom. The minimum atomic E-state index is -0.0590. The summed E-state index contributed by atoms with van der Waals surface area (Å²) < 4.78 is 1.97. The summed E-state index contributed by atoms with van der Waals surface area (Å²) in [5.41, 5.74) is 5.18. The van der Waals surface area contributed by atoms with Crippen molar-refractivity contribution in [2.45, 2.75) is 27.7 Å². The first-order chi connectivity index (χ1) is 14.4. The number of hydrogen-bond donors (Lipinski definition) is 1. The van der Waals surface area contributed by atoms with Crippen molar-refractivity contribution >= 4 is 17.5 Å². The molecule has 1 aliphatic rings. The van der Waals surface area contributed by atoms with Gasteiger partial charge >= 0.3 is 6.03 Å². The number of benzene rings is 1. The Morgan fingerprint density at radius 3 is 2.40 bits per heavy atom. The first-order valence-corrected chi connectivity index (χ1v) is 10.1. The molecule has 1 aliphatic heterocycles. The fourth-order valence-electron chi connectivity index (χ4n) is 3.59. The Bertz CT molecular complexity index is 1070. The summed E-state index contributed by atoms with van der Waals surface area (Å²) >= 11 is 0. The molecule has 0 aliphatic carbocycles. The number of carbonyl (C=O) groups is 1. The van der Waals surface area contributed by atoms with Gasteiger partial charge in [-0.05, 0) is 44.9 Å². The van der Waals surface area contributed by atoms with E-state index < -0.39 is 0 Å². The average molecular weight is 406 g/mol. The van der Waals surface area contributed by atoms with Crippen LogP contribution >= 0.6 is 0 Å². The predicted molar refractivity (Wildman–Crippen MR) is 117 cm³/mol. The molecule has 8 heteroatoms. The number of carbonyl (C=O) groups excluding carboxylic acids is 1. The predicted octanol–water partition coefficient (Wildman–Crippen LogP) is 3.25. The molecular formula is C22H27N7O. The standard InChI is InChI=1S/C22H27N7O/c1-15-6-5-7-19(16(15)2)26-22(30)28-10-8-27(9-11-28)20-12-21(24-13-23-20)29-14-25-17(3)18(29)4/h5-7,12-14H,8-11H2,1-4H3,(H,26,30). The van der Waals surface area contributed by atoms with E-state index in [1.54, 1.807) is 12.7 Å². The summed E-state index contributed by atoms with van der Waals surface area (Å²) in [6.07, 6.45) is 3.37. The number of amides is 2. The van der Waals surface area contributed by atoms with E-state index in [0.717, 1.165) is 47.4 Å². The van der Waals surface area contributed by atoms with E-state index in [1.807, 2.05) is 61.4 Å². The Kier molecular flexibility index (Phi) is 5.39. The van der Waals surface area contributed by atoms with Gasteiger partial charge in [0.2, 0.25) is 0 Å². The topological polar surface area (TPSA) is 79.2 Å². The molecule has 1 saturated heterocycles. The molecule has 0 atom stereocenters. The van der Waals surface area contributed by atoms with Crippen LogP contribution in [0.15, 0.2) is 36.9 Å². The van der Waals surface area contributed by atoms with E-state index in [1.165, 1.54) is 5.56 Å². The van der Waals surface area contributed by atoms with Crippen LogP contribution in [0.5, 0.6) is 0 Å². The van der Waals surface area contributed by atoms with Gasteiger partial charge in [0.1, 0.15) is 24.3 Å². The molecule has 2 aromatic heterocycles. The summed E-state index contributed by atoms with van der Waals surface area (Å²) in [7, 11) is 0. The number of anilines is 2. The Morgan fingerprint density at radius 2 is 1.70 bits per heavy atom. The fourth-order valence-corrected chi connectivity index (χ4v) is 3.59. The van der Waals surface area contributed by atoms with Crippen LogP contribution in [0.1, 0.15) is 22.5 Å². The van der Waals surface area contributed by atoms with Crippen molar-refractivity contribution < 1.29 is 4.79 Å². The summed E-state index contributed by atoms with van der Waals surface area (Å²) in [5.74, 6) is 1.66. The molecule has 30 heavy (non-hydrogen) atoms. The average Bonchev–Trinajstić information content (AvgIpc) is 3.10. The molecule has 1 N–H and O–H groups in total. The van der Waals surface area contributed by atoms with E-state index in [-0.39, 0.29) is 6.03 Å². The molecule has 0 radical (unpaired) electrons. The molecule has 0 bridgehead atoms. The van der Waals surface area contributed by atoms with Crippen molar-refractivity contribution in [3.8, 4) is 5.82 Å². The number of nitrogens with one attached hydrogen (secondary N) is 1. The maximum Gasteiger partial charge on any atom is 0.321 e. The fraction of sp³-hybridized carbons (Fsp3) is 0.364. The second-order valence-corrected chi connectivity index (χ2v) is 7.67. The zero-order valence-corrected chi connectivity index (χ0v) is 17.9. The molecule has 0 saturated carbocycles.